The quantitative estimate of drug-likeness (QED) is 0.272. The van der Waals surface area contributed by atoms with Gasteiger partial charge in [0.05, 0.1) is 17.4 Å². The van der Waals surface area contributed by atoms with Crippen LogP contribution in [0, 0.1) is 10.1 Å². The van der Waals surface area contributed by atoms with E-state index in [1.54, 1.807) is 48.5 Å². The van der Waals surface area contributed by atoms with Gasteiger partial charge in [0.1, 0.15) is 0 Å². The predicted octanol–water partition coefficient (Wildman–Crippen LogP) is 5.57. The van der Waals surface area contributed by atoms with E-state index in [2.05, 4.69) is 5.32 Å². The van der Waals surface area contributed by atoms with Crippen molar-refractivity contribution in [1.82, 2.24) is 5.32 Å². The van der Waals surface area contributed by atoms with Crippen molar-refractivity contribution in [1.29, 1.82) is 0 Å². The van der Waals surface area contributed by atoms with Crippen LogP contribution in [0.5, 0.6) is 0 Å². The molecule has 0 aliphatic heterocycles. The molecule has 0 saturated carbocycles. The SMILES string of the molecule is O=C(Cc1ccc([N+](=O)[O-])cc1)NC(CC(=O)c1ccc(Cl)cc1)c1cccc(Cl)c1. The molecule has 0 saturated heterocycles. The predicted molar refractivity (Wildman–Crippen MR) is 120 cm³/mol. The zero-order valence-electron chi connectivity index (χ0n) is 16.3. The summed E-state index contributed by atoms with van der Waals surface area (Å²) in [5.74, 6) is -0.472. The Morgan fingerprint density at radius 1 is 0.935 bits per heavy atom. The lowest BCUT2D eigenvalue weighted by molar-refractivity contribution is -0.384. The van der Waals surface area contributed by atoms with E-state index >= 15 is 0 Å². The van der Waals surface area contributed by atoms with Gasteiger partial charge >= 0.3 is 0 Å². The topological polar surface area (TPSA) is 89.3 Å². The van der Waals surface area contributed by atoms with Crippen LogP contribution in [0.2, 0.25) is 10.0 Å². The molecule has 0 bridgehead atoms. The number of hydrogen-bond donors (Lipinski definition) is 1. The minimum absolute atomic E-state index is 0.0181. The van der Waals surface area contributed by atoms with Crippen molar-refractivity contribution < 1.29 is 14.5 Å². The van der Waals surface area contributed by atoms with Crippen LogP contribution in [0.25, 0.3) is 0 Å². The number of halogens is 2. The number of amides is 1. The van der Waals surface area contributed by atoms with Crippen LogP contribution in [0.3, 0.4) is 0 Å². The maximum atomic E-state index is 12.8. The minimum Gasteiger partial charge on any atom is -0.349 e. The van der Waals surface area contributed by atoms with Gasteiger partial charge in [-0.25, -0.2) is 0 Å². The molecule has 0 fully saturated rings. The average Bonchev–Trinajstić information content (AvgIpc) is 2.74. The Kier molecular flexibility index (Phi) is 7.39. The number of rotatable bonds is 8. The molecule has 1 unspecified atom stereocenters. The Morgan fingerprint density at radius 2 is 1.61 bits per heavy atom. The maximum absolute atomic E-state index is 12.8. The van der Waals surface area contributed by atoms with Crippen molar-refractivity contribution in [2.75, 3.05) is 0 Å². The first-order chi connectivity index (χ1) is 14.8. The van der Waals surface area contributed by atoms with Crippen LogP contribution in [0.4, 0.5) is 5.69 Å². The van der Waals surface area contributed by atoms with Crippen molar-refractivity contribution in [3.8, 4) is 0 Å². The van der Waals surface area contributed by atoms with Crippen LogP contribution >= 0.6 is 23.2 Å². The van der Waals surface area contributed by atoms with E-state index in [0.717, 1.165) is 0 Å². The monoisotopic (exact) mass is 456 g/mol. The molecule has 3 aromatic carbocycles. The van der Waals surface area contributed by atoms with Crippen molar-refractivity contribution in [3.63, 3.8) is 0 Å². The van der Waals surface area contributed by atoms with Crippen LogP contribution in [-0.2, 0) is 11.2 Å². The Hall–Kier alpha value is -3.22. The summed E-state index contributed by atoms with van der Waals surface area (Å²) in [5.41, 5.74) is 1.76. The summed E-state index contributed by atoms with van der Waals surface area (Å²) < 4.78 is 0. The lowest BCUT2D eigenvalue weighted by Crippen LogP contribution is -2.31. The molecule has 8 heteroatoms. The molecule has 1 amide bonds. The highest BCUT2D eigenvalue weighted by Gasteiger charge is 2.20. The van der Waals surface area contributed by atoms with Gasteiger partial charge in [0.2, 0.25) is 5.91 Å². The fourth-order valence-electron chi connectivity index (χ4n) is 3.08. The molecule has 0 heterocycles. The van der Waals surface area contributed by atoms with Gasteiger partial charge in [0.25, 0.3) is 5.69 Å². The Morgan fingerprint density at radius 3 is 2.23 bits per heavy atom. The van der Waals surface area contributed by atoms with Gasteiger partial charge in [0, 0.05) is 34.2 Å². The summed E-state index contributed by atoms with van der Waals surface area (Å²) in [5, 5.41) is 14.7. The normalized spacial score (nSPS) is 11.5. The fourth-order valence-corrected chi connectivity index (χ4v) is 3.41. The number of hydrogen-bond acceptors (Lipinski definition) is 4. The van der Waals surface area contributed by atoms with Crippen molar-refractivity contribution >= 4 is 40.6 Å². The molecule has 158 valence electrons. The Bertz CT molecular complexity index is 1100. The van der Waals surface area contributed by atoms with Gasteiger partial charge in [0.15, 0.2) is 5.78 Å². The van der Waals surface area contributed by atoms with E-state index in [9.17, 15) is 19.7 Å². The van der Waals surface area contributed by atoms with Crippen molar-refractivity contribution in [2.45, 2.75) is 18.9 Å². The van der Waals surface area contributed by atoms with E-state index in [1.807, 2.05) is 0 Å². The van der Waals surface area contributed by atoms with E-state index in [0.29, 0.717) is 26.7 Å². The molecule has 0 spiro atoms. The average molecular weight is 457 g/mol. The standard InChI is InChI=1S/C23H18Cl2N2O4/c24-18-8-6-16(7-9-18)22(28)14-21(17-2-1-3-19(25)13-17)26-23(29)12-15-4-10-20(11-5-15)27(30)31/h1-11,13,21H,12,14H2,(H,26,29). The second-order valence-electron chi connectivity index (χ2n) is 6.91. The number of nitrogens with one attached hydrogen (secondary N) is 1. The van der Waals surface area contributed by atoms with E-state index < -0.39 is 11.0 Å². The van der Waals surface area contributed by atoms with Gasteiger partial charge < -0.3 is 5.32 Å². The summed E-state index contributed by atoms with van der Waals surface area (Å²) in [4.78, 5) is 35.7. The smallest absolute Gasteiger partial charge is 0.269 e. The summed E-state index contributed by atoms with van der Waals surface area (Å²) in [7, 11) is 0. The number of benzene rings is 3. The molecule has 6 nitrogen and oxygen atoms in total. The molecular formula is C23H18Cl2N2O4. The number of non-ortho nitro benzene ring substituents is 1. The third kappa shape index (κ3) is 6.38. The van der Waals surface area contributed by atoms with Crippen LogP contribution in [-0.4, -0.2) is 16.6 Å². The van der Waals surface area contributed by atoms with E-state index in [-0.39, 0.29) is 30.2 Å². The highest BCUT2D eigenvalue weighted by Crippen LogP contribution is 2.23. The van der Waals surface area contributed by atoms with E-state index in [4.69, 9.17) is 23.2 Å². The molecule has 0 aliphatic carbocycles. The highest BCUT2D eigenvalue weighted by atomic mass is 35.5. The number of ketones is 1. The van der Waals surface area contributed by atoms with Crippen molar-refractivity contribution in [3.05, 3.63) is 110 Å². The Labute approximate surface area is 189 Å². The summed E-state index contributed by atoms with van der Waals surface area (Å²) in [6.07, 6.45) is 0.0537. The third-order valence-corrected chi connectivity index (χ3v) is 5.14. The molecule has 0 aromatic heterocycles. The minimum atomic E-state index is -0.590. The fraction of sp³-hybridized carbons (Fsp3) is 0.130. The number of carbonyl (C=O) groups is 2. The number of carbonyl (C=O) groups excluding carboxylic acids is 2. The Balaban J connectivity index is 1.76. The molecule has 1 atom stereocenters. The lowest BCUT2D eigenvalue weighted by Gasteiger charge is -2.19. The first-order valence-electron chi connectivity index (χ1n) is 9.39. The molecule has 3 rings (SSSR count). The van der Waals surface area contributed by atoms with E-state index in [1.165, 1.54) is 24.3 Å². The molecule has 1 N–H and O–H groups in total. The first-order valence-corrected chi connectivity index (χ1v) is 10.1. The lowest BCUT2D eigenvalue weighted by atomic mass is 9.97. The molecular weight excluding hydrogens is 439 g/mol. The van der Waals surface area contributed by atoms with Gasteiger partial charge in [-0.15, -0.1) is 0 Å². The van der Waals surface area contributed by atoms with Crippen LogP contribution in [0.1, 0.15) is 33.9 Å². The molecule has 3 aromatic rings. The first kappa shape index (κ1) is 22.5. The maximum Gasteiger partial charge on any atom is 0.269 e. The van der Waals surface area contributed by atoms with Crippen LogP contribution < -0.4 is 5.32 Å². The number of nitrogens with zero attached hydrogens (tertiary/aromatic N) is 1. The van der Waals surface area contributed by atoms with Gasteiger partial charge in [-0.05, 0) is 47.5 Å². The second-order valence-corrected chi connectivity index (χ2v) is 7.78. The molecule has 31 heavy (non-hydrogen) atoms. The van der Waals surface area contributed by atoms with Gasteiger partial charge in [-0.2, -0.15) is 0 Å². The molecule has 0 aliphatic rings. The third-order valence-electron chi connectivity index (χ3n) is 4.65. The zero-order valence-corrected chi connectivity index (χ0v) is 17.8. The highest BCUT2D eigenvalue weighted by molar-refractivity contribution is 6.31. The molecule has 0 radical (unpaired) electrons. The summed E-state index contributed by atoms with van der Waals surface area (Å²) in [6, 6.07) is 18.7. The largest absolute Gasteiger partial charge is 0.349 e. The summed E-state index contributed by atoms with van der Waals surface area (Å²) >= 11 is 12.0. The summed E-state index contributed by atoms with van der Waals surface area (Å²) in [6.45, 7) is 0. The van der Waals surface area contributed by atoms with Crippen LogP contribution in [0.15, 0.2) is 72.8 Å². The zero-order chi connectivity index (χ0) is 22.4. The van der Waals surface area contributed by atoms with Crippen molar-refractivity contribution in [2.24, 2.45) is 0 Å². The number of nitro benzene ring substituents is 1. The number of nitro groups is 1. The van der Waals surface area contributed by atoms with Gasteiger partial charge in [-0.3, -0.25) is 19.7 Å². The van der Waals surface area contributed by atoms with Gasteiger partial charge in [-0.1, -0.05) is 47.5 Å². The second kappa shape index (κ2) is 10.2. The number of Topliss-reactive ketones (excluding diaryl/α,β-unsaturated/α-hetero) is 1.